The topological polar surface area (TPSA) is 91.0 Å². The van der Waals surface area contributed by atoms with E-state index in [-0.39, 0.29) is 30.3 Å². The molecule has 0 spiro atoms. The number of likely N-dealkylation sites (tertiary alicyclic amines) is 1. The third kappa shape index (κ3) is 4.17. The summed E-state index contributed by atoms with van der Waals surface area (Å²) in [6, 6.07) is 3.12. The molecule has 0 unspecified atom stereocenters. The van der Waals surface area contributed by atoms with Gasteiger partial charge in [0, 0.05) is 25.6 Å². The van der Waals surface area contributed by atoms with Crippen molar-refractivity contribution in [3.63, 3.8) is 0 Å². The fraction of sp³-hybridized carbons (Fsp3) is 0.375. The Bertz CT molecular complexity index is 766. The van der Waals surface area contributed by atoms with Gasteiger partial charge in [-0.05, 0) is 37.0 Å². The van der Waals surface area contributed by atoms with Crippen LogP contribution in [0, 0.1) is 11.6 Å². The van der Waals surface area contributed by atoms with E-state index in [2.05, 4.69) is 20.7 Å². The number of carbonyl (C=O) groups excluding carboxylic acids is 2. The van der Waals surface area contributed by atoms with Gasteiger partial charge in [0.25, 0.3) is 5.91 Å². The normalized spacial score (nSPS) is 13.9. The first-order valence-electron chi connectivity index (χ1n) is 7.98. The standard InChI is InChI=1S/C16H17F2N5O2/c17-11-7-10(8-12(18)9-11)3-4-13(24)19-15-14(20-22-21-15)16(25)23-5-1-2-6-23/h7-9H,1-6H2,(H2,19,20,21,22,24). The molecule has 1 aliphatic rings. The first kappa shape index (κ1) is 17.0. The highest BCUT2D eigenvalue weighted by Crippen LogP contribution is 2.16. The Hall–Kier alpha value is -2.84. The number of hydrogen-bond donors (Lipinski definition) is 2. The number of nitrogens with one attached hydrogen (secondary N) is 2. The number of H-pyrrole nitrogens is 1. The monoisotopic (exact) mass is 349 g/mol. The van der Waals surface area contributed by atoms with Gasteiger partial charge < -0.3 is 10.2 Å². The zero-order valence-electron chi connectivity index (χ0n) is 13.4. The Morgan fingerprint density at radius 3 is 2.48 bits per heavy atom. The van der Waals surface area contributed by atoms with E-state index in [9.17, 15) is 18.4 Å². The van der Waals surface area contributed by atoms with Crippen LogP contribution in [0.25, 0.3) is 0 Å². The van der Waals surface area contributed by atoms with Crippen molar-refractivity contribution in [1.29, 1.82) is 0 Å². The van der Waals surface area contributed by atoms with E-state index in [0.29, 0.717) is 18.7 Å². The van der Waals surface area contributed by atoms with Crippen LogP contribution in [-0.4, -0.2) is 45.2 Å². The number of anilines is 1. The van der Waals surface area contributed by atoms with E-state index >= 15 is 0 Å². The minimum absolute atomic E-state index is 0.00685. The summed E-state index contributed by atoms with van der Waals surface area (Å²) in [6.45, 7) is 1.31. The molecule has 7 nitrogen and oxygen atoms in total. The second kappa shape index (κ2) is 7.37. The summed E-state index contributed by atoms with van der Waals surface area (Å²) in [5, 5.41) is 12.5. The van der Waals surface area contributed by atoms with Crippen molar-refractivity contribution in [2.45, 2.75) is 25.7 Å². The SMILES string of the molecule is O=C(CCc1cc(F)cc(F)c1)Nc1n[nH]nc1C(=O)N1CCCC1. The summed E-state index contributed by atoms with van der Waals surface area (Å²) >= 11 is 0. The van der Waals surface area contributed by atoms with Gasteiger partial charge in [0.1, 0.15) is 11.6 Å². The zero-order chi connectivity index (χ0) is 17.8. The molecule has 9 heteroatoms. The molecular formula is C16H17F2N5O2. The largest absolute Gasteiger partial charge is 0.337 e. The molecule has 0 saturated carbocycles. The van der Waals surface area contributed by atoms with E-state index in [0.717, 1.165) is 18.9 Å². The van der Waals surface area contributed by atoms with Crippen molar-refractivity contribution in [3.05, 3.63) is 41.1 Å². The van der Waals surface area contributed by atoms with Gasteiger partial charge in [0.15, 0.2) is 11.5 Å². The molecule has 0 atom stereocenters. The van der Waals surface area contributed by atoms with E-state index < -0.39 is 17.5 Å². The van der Waals surface area contributed by atoms with Crippen molar-refractivity contribution in [3.8, 4) is 0 Å². The molecule has 0 radical (unpaired) electrons. The number of aromatic nitrogens is 3. The molecule has 2 heterocycles. The number of aryl methyl sites for hydroxylation is 1. The fourth-order valence-electron chi connectivity index (χ4n) is 2.74. The molecule has 1 aromatic heterocycles. The Morgan fingerprint density at radius 2 is 1.80 bits per heavy atom. The number of aromatic amines is 1. The maximum absolute atomic E-state index is 13.1. The zero-order valence-corrected chi connectivity index (χ0v) is 13.4. The maximum Gasteiger partial charge on any atom is 0.278 e. The molecule has 2 amide bonds. The Labute approximate surface area is 142 Å². The highest BCUT2D eigenvalue weighted by Gasteiger charge is 2.25. The number of hydrogen-bond acceptors (Lipinski definition) is 4. The minimum atomic E-state index is -0.689. The fourth-order valence-corrected chi connectivity index (χ4v) is 2.74. The summed E-state index contributed by atoms with van der Waals surface area (Å²) in [4.78, 5) is 26.0. The van der Waals surface area contributed by atoms with Gasteiger partial charge in [0.2, 0.25) is 5.91 Å². The smallest absolute Gasteiger partial charge is 0.278 e. The second-order valence-corrected chi connectivity index (χ2v) is 5.85. The molecule has 2 aromatic rings. The van der Waals surface area contributed by atoms with Crippen LogP contribution in [0.5, 0.6) is 0 Å². The van der Waals surface area contributed by atoms with Gasteiger partial charge in [-0.3, -0.25) is 9.59 Å². The number of halogens is 2. The van der Waals surface area contributed by atoms with Gasteiger partial charge in [0.05, 0.1) is 0 Å². The molecule has 0 aliphatic carbocycles. The Morgan fingerprint density at radius 1 is 1.12 bits per heavy atom. The van der Waals surface area contributed by atoms with Crippen LogP contribution in [0.2, 0.25) is 0 Å². The summed E-state index contributed by atoms with van der Waals surface area (Å²) < 4.78 is 26.3. The number of benzene rings is 1. The van der Waals surface area contributed by atoms with Crippen LogP contribution in [0.4, 0.5) is 14.6 Å². The van der Waals surface area contributed by atoms with Crippen molar-refractivity contribution < 1.29 is 18.4 Å². The average molecular weight is 349 g/mol. The molecule has 1 aliphatic heterocycles. The Kier molecular flexibility index (Phi) is 5.01. The molecular weight excluding hydrogens is 332 g/mol. The summed E-state index contributed by atoms with van der Waals surface area (Å²) in [5.41, 5.74) is 0.438. The average Bonchev–Trinajstić information content (AvgIpc) is 3.23. The lowest BCUT2D eigenvalue weighted by Crippen LogP contribution is -2.29. The van der Waals surface area contributed by atoms with E-state index in [4.69, 9.17) is 0 Å². The highest BCUT2D eigenvalue weighted by molar-refractivity contribution is 6.01. The van der Waals surface area contributed by atoms with Gasteiger partial charge >= 0.3 is 0 Å². The summed E-state index contributed by atoms with van der Waals surface area (Å²) in [5.74, 6) is -2.02. The molecule has 132 valence electrons. The van der Waals surface area contributed by atoms with E-state index in [1.165, 1.54) is 12.1 Å². The molecule has 3 rings (SSSR count). The van der Waals surface area contributed by atoms with Crippen LogP contribution in [-0.2, 0) is 11.2 Å². The molecule has 2 N–H and O–H groups in total. The highest BCUT2D eigenvalue weighted by atomic mass is 19.1. The number of carbonyl (C=O) groups is 2. The lowest BCUT2D eigenvalue weighted by atomic mass is 10.1. The molecule has 25 heavy (non-hydrogen) atoms. The maximum atomic E-state index is 13.1. The lowest BCUT2D eigenvalue weighted by Gasteiger charge is -2.13. The van der Waals surface area contributed by atoms with Gasteiger partial charge in [-0.15, -0.1) is 10.2 Å². The molecule has 1 saturated heterocycles. The van der Waals surface area contributed by atoms with Crippen molar-refractivity contribution >= 4 is 17.6 Å². The number of rotatable bonds is 5. The first-order chi connectivity index (χ1) is 12.0. The lowest BCUT2D eigenvalue weighted by molar-refractivity contribution is -0.116. The molecule has 1 fully saturated rings. The number of amides is 2. The molecule has 1 aromatic carbocycles. The second-order valence-electron chi connectivity index (χ2n) is 5.85. The Balaban J connectivity index is 1.60. The number of nitrogens with zero attached hydrogens (tertiary/aromatic N) is 3. The third-order valence-corrected chi connectivity index (χ3v) is 3.96. The van der Waals surface area contributed by atoms with Crippen LogP contribution in [0.3, 0.4) is 0 Å². The van der Waals surface area contributed by atoms with Crippen LogP contribution in [0.15, 0.2) is 18.2 Å². The summed E-state index contributed by atoms with van der Waals surface area (Å²) in [7, 11) is 0. The quantitative estimate of drug-likeness (QED) is 0.862. The third-order valence-electron chi connectivity index (χ3n) is 3.96. The van der Waals surface area contributed by atoms with Crippen LogP contribution in [0.1, 0.15) is 35.3 Å². The summed E-state index contributed by atoms with van der Waals surface area (Å²) in [6.07, 6.45) is 2.03. The van der Waals surface area contributed by atoms with E-state index in [1.54, 1.807) is 4.90 Å². The predicted octanol–water partition coefficient (Wildman–Crippen LogP) is 1.89. The van der Waals surface area contributed by atoms with Crippen LogP contribution < -0.4 is 5.32 Å². The first-order valence-corrected chi connectivity index (χ1v) is 7.98. The van der Waals surface area contributed by atoms with Crippen molar-refractivity contribution in [2.75, 3.05) is 18.4 Å². The van der Waals surface area contributed by atoms with E-state index in [1.807, 2.05) is 0 Å². The van der Waals surface area contributed by atoms with Gasteiger partial charge in [-0.1, -0.05) is 0 Å². The van der Waals surface area contributed by atoms with Gasteiger partial charge in [-0.2, -0.15) is 5.21 Å². The van der Waals surface area contributed by atoms with Crippen molar-refractivity contribution in [1.82, 2.24) is 20.3 Å². The van der Waals surface area contributed by atoms with Crippen molar-refractivity contribution in [2.24, 2.45) is 0 Å². The minimum Gasteiger partial charge on any atom is -0.337 e. The molecule has 0 bridgehead atoms. The van der Waals surface area contributed by atoms with Gasteiger partial charge in [-0.25, -0.2) is 8.78 Å². The van der Waals surface area contributed by atoms with Crippen LogP contribution >= 0.6 is 0 Å². The predicted molar refractivity (Wildman–Crippen MR) is 84.8 cm³/mol.